The van der Waals surface area contributed by atoms with Crippen molar-refractivity contribution >= 4 is 5.91 Å². The normalized spacial score (nSPS) is 33.5. The molecule has 0 aromatic rings. The zero-order valence-corrected chi connectivity index (χ0v) is 10.4. The minimum absolute atomic E-state index is 0.178. The molecule has 0 aromatic heterocycles. The molecule has 2 aliphatic heterocycles. The molecule has 2 bridgehead atoms. The lowest BCUT2D eigenvalue weighted by atomic mass is 9.95. The number of fused-ring (bicyclic) bond motifs is 2. The van der Waals surface area contributed by atoms with E-state index < -0.39 is 0 Å². The summed E-state index contributed by atoms with van der Waals surface area (Å²) in [5.41, 5.74) is 0. The number of aliphatic hydroxyl groups is 1. The summed E-state index contributed by atoms with van der Waals surface area (Å²) >= 11 is 0. The van der Waals surface area contributed by atoms with Gasteiger partial charge in [-0.3, -0.25) is 4.79 Å². The van der Waals surface area contributed by atoms with Crippen molar-refractivity contribution in [1.82, 2.24) is 4.90 Å². The van der Waals surface area contributed by atoms with Crippen LogP contribution >= 0.6 is 0 Å². The molecule has 2 fully saturated rings. The summed E-state index contributed by atoms with van der Waals surface area (Å²) in [4.78, 5) is 14.5. The van der Waals surface area contributed by atoms with Gasteiger partial charge < -0.3 is 10.0 Å². The highest BCUT2D eigenvalue weighted by molar-refractivity contribution is 5.80. The Labute approximate surface area is 97.8 Å². The average molecular weight is 225 g/mol. The molecule has 1 N–H and O–H groups in total. The van der Waals surface area contributed by atoms with Gasteiger partial charge in [0.25, 0.3) is 0 Å². The Morgan fingerprint density at radius 2 is 1.75 bits per heavy atom. The molecule has 0 radical (unpaired) electrons. The Hall–Kier alpha value is -0.570. The molecular weight excluding hydrogens is 202 g/mol. The Morgan fingerprint density at radius 3 is 2.19 bits per heavy atom. The molecule has 2 rings (SSSR count). The number of piperidine rings is 1. The summed E-state index contributed by atoms with van der Waals surface area (Å²) in [7, 11) is 0. The number of amides is 1. The zero-order chi connectivity index (χ0) is 11.7. The van der Waals surface area contributed by atoms with E-state index in [1.165, 1.54) is 0 Å². The lowest BCUT2D eigenvalue weighted by Crippen LogP contribution is -2.50. The van der Waals surface area contributed by atoms with Crippen LogP contribution in [0.25, 0.3) is 0 Å². The van der Waals surface area contributed by atoms with Crippen LogP contribution < -0.4 is 0 Å². The van der Waals surface area contributed by atoms with Crippen molar-refractivity contribution in [3.63, 3.8) is 0 Å². The monoisotopic (exact) mass is 225 g/mol. The van der Waals surface area contributed by atoms with Gasteiger partial charge in [-0.15, -0.1) is 0 Å². The molecule has 3 atom stereocenters. The van der Waals surface area contributed by atoms with E-state index in [-0.39, 0.29) is 12.0 Å². The highest BCUT2D eigenvalue weighted by Crippen LogP contribution is 2.37. The highest BCUT2D eigenvalue weighted by Gasteiger charge is 2.43. The smallest absolute Gasteiger partial charge is 0.226 e. The van der Waals surface area contributed by atoms with Gasteiger partial charge in [0.05, 0.1) is 6.10 Å². The van der Waals surface area contributed by atoms with Crippen LogP contribution in [-0.4, -0.2) is 34.1 Å². The largest absolute Gasteiger partial charge is 0.393 e. The maximum Gasteiger partial charge on any atom is 0.226 e. The van der Waals surface area contributed by atoms with Crippen molar-refractivity contribution in [2.75, 3.05) is 0 Å². The summed E-state index contributed by atoms with van der Waals surface area (Å²) in [5, 5.41) is 9.70. The molecule has 1 amide bonds. The summed E-state index contributed by atoms with van der Waals surface area (Å²) in [6, 6.07) is 0.642. The quantitative estimate of drug-likeness (QED) is 0.797. The van der Waals surface area contributed by atoms with Crippen LogP contribution in [0.1, 0.15) is 52.4 Å². The molecule has 0 saturated carbocycles. The number of hydrogen-bond donors (Lipinski definition) is 1. The van der Waals surface area contributed by atoms with Gasteiger partial charge >= 0.3 is 0 Å². The van der Waals surface area contributed by atoms with E-state index in [4.69, 9.17) is 0 Å². The second-order valence-electron chi connectivity index (χ2n) is 5.27. The Morgan fingerprint density at radius 1 is 1.25 bits per heavy atom. The molecule has 3 heteroatoms. The van der Waals surface area contributed by atoms with Crippen molar-refractivity contribution in [2.45, 2.75) is 70.6 Å². The first-order valence-electron chi connectivity index (χ1n) is 6.67. The van der Waals surface area contributed by atoms with Gasteiger partial charge in [-0.2, -0.15) is 0 Å². The second kappa shape index (κ2) is 4.74. The fourth-order valence-corrected chi connectivity index (χ4v) is 3.36. The molecule has 2 saturated heterocycles. The molecule has 2 aliphatic rings. The number of rotatable bonds is 3. The third-order valence-corrected chi connectivity index (χ3v) is 4.30. The topological polar surface area (TPSA) is 40.5 Å². The van der Waals surface area contributed by atoms with Crippen LogP contribution in [0.2, 0.25) is 0 Å². The fraction of sp³-hybridized carbons (Fsp3) is 0.923. The van der Waals surface area contributed by atoms with Crippen LogP contribution in [-0.2, 0) is 4.79 Å². The summed E-state index contributed by atoms with van der Waals surface area (Å²) in [6.07, 6.45) is 5.47. The molecule has 3 nitrogen and oxygen atoms in total. The van der Waals surface area contributed by atoms with Crippen LogP contribution in [0, 0.1) is 5.92 Å². The van der Waals surface area contributed by atoms with E-state index in [0.717, 1.165) is 38.5 Å². The molecule has 2 heterocycles. The molecule has 16 heavy (non-hydrogen) atoms. The lowest BCUT2D eigenvalue weighted by Gasteiger charge is -2.39. The molecule has 0 aliphatic carbocycles. The van der Waals surface area contributed by atoms with Crippen LogP contribution in [0.5, 0.6) is 0 Å². The molecule has 0 aromatic carbocycles. The summed E-state index contributed by atoms with van der Waals surface area (Å²) < 4.78 is 0. The van der Waals surface area contributed by atoms with Crippen molar-refractivity contribution in [3.8, 4) is 0 Å². The van der Waals surface area contributed by atoms with Crippen LogP contribution in [0.15, 0.2) is 0 Å². The van der Waals surface area contributed by atoms with E-state index in [9.17, 15) is 9.90 Å². The standard InChI is InChI=1S/C13H23NO2/c1-3-9(4-2)13(16)14-10-5-6-11(14)8-12(15)7-10/h9-12,15H,3-8H2,1-2H3/t10-,11+,12+. The predicted molar refractivity (Wildman–Crippen MR) is 63.0 cm³/mol. The average Bonchev–Trinajstić information content (AvgIpc) is 2.53. The zero-order valence-electron chi connectivity index (χ0n) is 10.4. The minimum Gasteiger partial charge on any atom is -0.393 e. The van der Waals surface area contributed by atoms with Gasteiger partial charge in [0.15, 0.2) is 0 Å². The number of carbonyl (C=O) groups excluding carboxylic acids is 1. The van der Waals surface area contributed by atoms with Gasteiger partial charge in [-0.25, -0.2) is 0 Å². The fourth-order valence-electron chi connectivity index (χ4n) is 3.36. The first-order chi connectivity index (χ1) is 7.67. The van der Waals surface area contributed by atoms with Crippen molar-refractivity contribution in [2.24, 2.45) is 5.92 Å². The highest BCUT2D eigenvalue weighted by atomic mass is 16.3. The van der Waals surface area contributed by atoms with Gasteiger partial charge in [0.2, 0.25) is 5.91 Å². The third-order valence-electron chi connectivity index (χ3n) is 4.30. The maximum atomic E-state index is 12.4. The molecule has 0 unspecified atom stereocenters. The van der Waals surface area contributed by atoms with E-state index >= 15 is 0 Å². The second-order valence-corrected chi connectivity index (χ2v) is 5.27. The summed E-state index contributed by atoms with van der Waals surface area (Å²) in [5.74, 6) is 0.530. The number of carbonyl (C=O) groups is 1. The predicted octanol–water partition coefficient (Wildman–Crippen LogP) is 1.94. The van der Waals surface area contributed by atoms with Gasteiger partial charge in [-0.1, -0.05) is 13.8 Å². The maximum absolute atomic E-state index is 12.4. The van der Waals surface area contributed by atoms with Crippen molar-refractivity contribution in [3.05, 3.63) is 0 Å². The third kappa shape index (κ3) is 1.97. The van der Waals surface area contributed by atoms with Gasteiger partial charge in [-0.05, 0) is 38.5 Å². The van der Waals surface area contributed by atoms with E-state index in [1.807, 2.05) is 0 Å². The van der Waals surface area contributed by atoms with Crippen LogP contribution in [0.4, 0.5) is 0 Å². The van der Waals surface area contributed by atoms with Crippen molar-refractivity contribution < 1.29 is 9.90 Å². The summed E-state index contributed by atoms with van der Waals surface area (Å²) in [6.45, 7) is 4.18. The number of hydrogen-bond acceptors (Lipinski definition) is 2. The first kappa shape index (κ1) is 11.9. The molecular formula is C13H23NO2. The Kier molecular flexibility index (Phi) is 3.53. The van der Waals surface area contributed by atoms with Gasteiger partial charge in [0, 0.05) is 18.0 Å². The lowest BCUT2D eigenvalue weighted by molar-refractivity contribution is -0.142. The van der Waals surface area contributed by atoms with Gasteiger partial charge in [0.1, 0.15) is 0 Å². The number of nitrogens with zero attached hydrogens (tertiary/aromatic N) is 1. The first-order valence-corrected chi connectivity index (χ1v) is 6.67. The minimum atomic E-state index is -0.178. The number of aliphatic hydroxyl groups excluding tert-OH is 1. The Bertz CT molecular complexity index is 249. The SMILES string of the molecule is CCC(CC)C(=O)N1[C@@H]2CC[C@H]1C[C@@H](O)C2. The van der Waals surface area contributed by atoms with E-state index in [2.05, 4.69) is 18.7 Å². The van der Waals surface area contributed by atoms with Crippen LogP contribution in [0.3, 0.4) is 0 Å². The van der Waals surface area contributed by atoms with E-state index in [1.54, 1.807) is 0 Å². The molecule has 0 spiro atoms. The molecule has 92 valence electrons. The Balaban J connectivity index is 2.07. The van der Waals surface area contributed by atoms with Crippen molar-refractivity contribution in [1.29, 1.82) is 0 Å². The van der Waals surface area contributed by atoms with E-state index in [0.29, 0.717) is 18.0 Å².